The molecule has 0 fully saturated rings. The third kappa shape index (κ3) is 5.48. The molecule has 0 spiro atoms. The Morgan fingerprint density at radius 1 is 1.03 bits per heavy atom. The van der Waals surface area contributed by atoms with Gasteiger partial charge < -0.3 is 4.90 Å². The summed E-state index contributed by atoms with van der Waals surface area (Å²) in [6, 6.07) is 17.1. The highest BCUT2D eigenvalue weighted by Gasteiger charge is 2.24. The van der Waals surface area contributed by atoms with Gasteiger partial charge in [0.05, 0.1) is 24.7 Å². The average Bonchev–Trinajstić information content (AvgIpc) is 3.13. The average molecular weight is 427 g/mol. The number of hydrogen-bond donors (Lipinski definition) is 0. The Balaban J connectivity index is 1.67. The van der Waals surface area contributed by atoms with Crippen LogP contribution in [0, 0.1) is 6.92 Å². The van der Waals surface area contributed by atoms with Crippen molar-refractivity contribution in [2.24, 2.45) is 0 Å². The molecular formula is C22H26N4O3S. The molecule has 0 saturated carbocycles. The highest BCUT2D eigenvalue weighted by atomic mass is 32.2. The van der Waals surface area contributed by atoms with Crippen LogP contribution >= 0.6 is 0 Å². The Morgan fingerprint density at radius 3 is 2.37 bits per heavy atom. The van der Waals surface area contributed by atoms with Crippen molar-refractivity contribution in [3.8, 4) is 0 Å². The SMILES string of the molecule is Cc1ccccc1N(CC(=O)N(C)Cc1cnn(Cc2ccccc2)c1)S(C)(=O)=O. The zero-order chi connectivity index (χ0) is 21.7. The Labute approximate surface area is 177 Å². The fourth-order valence-electron chi connectivity index (χ4n) is 3.17. The molecule has 0 aliphatic rings. The van der Waals surface area contributed by atoms with E-state index in [0.29, 0.717) is 18.8 Å². The first kappa shape index (κ1) is 21.6. The number of nitrogens with zero attached hydrogens (tertiary/aromatic N) is 4. The molecule has 1 aromatic heterocycles. The number of rotatable bonds is 8. The highest BCUT2D eigenvalue weighted by Crippen LogP contribution is 2.22. The first-order chi connectivity index (χ1) is 14.2. The van der Waals surface area contributed by atoms with E-state index in [1.165, 1.54) is 4.90 Å². The quantitative estimate of drug-likeness (QED) is 0.555. The minimum Gasteiger partial charge on any atom is -0.340 e. The molecule has 1 heterocycles. The van der Waals surface area contributed by atoms with E-state index in [9.17, 15) is 13.2 Å². The molecule has 3 aromatic rings. The first-order valence-corrected chi connectivity index (χ1v) is 11.4. The number of likely N-dealkylation sites (N-methyl/N-ethyl adjacent to an activating group) is 1. The van der Waals surface area contributed by atoms with E-state index in [0.717, 1.165) is 27.3 Å². The fraction of sp³-hybridized carbons (Fsp3) is 0.273. The van der Waals surface area contributed by atoms with Gasteiger partial charge in [0.25, 0.3) is 0 Å². The van der Waals surface area contributed by atoms with Crippen LogP contribution < -0.4 is 4.31 Å². The summed E-state index contributed by atoms with van der Waals surface area (Å²) in [5.41, 5.74) is 3.32. The number of benzene rings is 2. The normalized spacial score (nSPS) is 11.3. The standard InChI is InChI=1S/C22H26N4O3S/c1-18-9-7-8-12-21(18)26(30(3,28)29)17-22(27)24(2)14-20-13-23-25(16-20)15-19-10-5-4-6-11-19/h4-13,16H,14-15,17H2,1-3H3. The van der Waals surface area contributed by atoms with Crippen LogP contribution in [0.1, 0.15) is 16.7 Å². The van der Waals surface area contributed by atoms with Crippen LogP contribution in [0.25, 0.3) is 0 Å². The van der Waals surface area contributed by atoms with Gasteiger partial charge in [-0.2, -0.15) is 5.10 Å². The molecule has 0 radical (unpaired) electrons. The van der Waals surface area contributed by atoms with Crippen molar-refractivity contribution in [3.63, 3.8) is 0 Å². The Kier molecular flexibility index (Phi) is 6.56. The number of carbonyl (C=O) groups excluding carboxylic acids is 1. The Bertz CT molecular complexity index is 1110. The number of aromatic nitrogens is 2. The van der Waals surface area contributed by atoms with Crippen molar-refractivity contribution in [1.29, 1.82) is 0 Å². The van der Waals surface area contributed by atoms with E-state index < -0.39 is 10.0 Å². The summed E-state index contributed by atoms with van der Waals surface area (Å²) in [6.07, 6.45) is 4.73. The van der Waals surface area contributed by atoms with Crippen LogP contribution in [-0.4, -0.2) is 48.9 Å². The van der Waals surface area contributed by atoms with Gasteiger partial charge in [-0.3, -0.25) is 13.8 Å². The van der Waals surface area contributed by atoms with Gasteiger partial charge in [0.15, 0.2) is 0 Å². The molecule has 0 N–H and O–H groups in total. The van der Waals surface area contributed by atoms with Gasteiger partial charge in [-0.15, -0.1) is 0 Å². The molecule has 0 saturated heterocycles. The van der Waals surface area contributed by atoms with Gasteiger partial charge in [0.2, 0.25) is 15.9 Å². The molecule has 0 atom stereocenters. The number of hydrogen-bond acceptors (Lipinski definition) is 4. The highest BCUT2D eigenvalue weighted by molar-refractivity contribution is 7.92. The topological polar surface area (TPSA) is 75.5 Å². The van der Waals surface area contributed by atoms with Crippen molar-refractivity contribution in [2.75, 3.05) is 24.2 Å². The molecule has 158 valence electrons. The van der Waals surface area contributed by atoms with Crippen LogP contribution in [-0.2, 0) is 27.9 Å². The van der Waals surface area contributed by atoms with E-state index in [4.69, 9.17) is 0 Å². The minimum absolute atomic E-state index is 0.252. The summed E-state index contributed by atoms with van der Waals surface area (Å²) < 4.78 is 27.6. The number of para-hydroxylation sites is 1. The van der Waals surface area contributed by atoms with E-state index in [1.54, 1.807) is 25.4 Å². The molecule has 30 heavy (non-hydrogen) atoms. The van der Waals surface area contributed by atoms with E-state index in [1.807, 2.05) is 60.3 Å². The molecule has 3 rings (SSSR count). The second-order valence-corrected chi connectivity index (χ2v) is 9.24. The van der Waals surface area contributed by atoms with Crippen molar-refractivity contribution in [1.82, 2.24) is 14.7 Å². The Morgan fingerprint density at radius 2 is 1.70 bits per heavy atom. The van der Waals surface area contributed by atoms with Crippen LogP contribution in [0.15, 0.2) is 67.0 Å². The summed E-state index contributed by atoms with van der Waals surface area (Å²) in [5.74, 6) is -0.292. The van der Waals surface area contributed by atoms with Crippen molar-refractivity contribution in [3.05, 3.63) is 83.7 Å². The van der Waals surface area contributed by atoms with Gasteiger partial charge in [-0.25, -0.2) is 8.42 Å². The summed E-state index contributed by atoms with van der Waals surface area (Å²) >= 11 is 0. The van der Waals surface area contributed by atoms with Gasteiger partial charge in [0, 0.05) is 25.4 Å². The fourth-order valence-corrected chi connectivity index (χ4v) is 4.08. The minimum atomic E-state index is -3.60. The van der Waals surface area contributed by atoms with Crippen LogP contribution in [0.4, 0.5) is 5.69 Å². The van der Waals surface area contributed by atoms with E-state index in [-0.39, 0.29) is 12.5 Å². The van der Waals surface area contributed by atoms with Gasteiger partial charge in [-0.1, -0.05) is 48.5 Å². The maximum atomic E-state index is 12.8. The first-order valence-electron chi connectivity index (χ1n) is 9.56. The molecule has 8 heteroatoms. The zero-order valence-electron chi connectivity index (χ0n) is 17.4. The van der Waals surface area contributed by atoms with E-state index in [2.05, 4.69) is 5.10 Å². The third-order valence-electron chi connectivity index (χ3n) is 4.78. The molecule has 0 aliphatic heterocycles. The lowest BCUT2D eigenvalue weighted by atomic mass is 10.2. The lowest BCUT2D eigenvalue weighted by Crippen LogP contribution is -2.41. The maximum absolute atomic E-state index is 12.8. The lowest BCUT2D eigenvalue weighted by molar-refractivity contribution is -0.128. The summed E-state index contributed by atoms with van der Waals surface area (Å²) in [5, 5.41) is 4.36. The lowest BCUT2D eigenvalue weighted by Gasteiger charge is -2.26. The predicted molar refractivity (Wildman–Crippen MR) is 118 cm³/mol. The third-order valence-corrected chi connectivity index (χ3v) is 5.91. The monoisotopic (exact) mass is 426 g/mol. The number of sulfonamides is 1. The smallest absolute Gasteiger partial charge is 0.243 e. The van der Waals surface area contributed by atoms with Gasteiger partial charge in [-0.05, 0) is 24.1 Å². The largest absolute Gasteiger partial charge is 0.340 e. The van der Waals surface area contributed by atoms with Gasteiger partial charge in [0.1, 0.15) is 6.54 Å². The number of amides is 1. The summed E-state index contributed by atoms with van der Waals surface area (Å²) in [4.78, 5) is 14.3. The number of aryl methyl sites for hydroxylation is 1. The molecule has 0 bridgehead atoms. The number of carbonyl (C=O) groups is 1. The maximum Gasteiger partial charge on any atom is 0.243 e. The van der Waals surface area contributed by atoms with Crippen LogP contribution in [0.2, 0.25) is 0 Å². The zero-order valence-corrected chi connectivity index (χ0v) is 18.2. The van der Waals surface area contributed by atoms with Crippen LogP contribution in [0.3, 0.4) is 0 Å². The molecule has 1 amide bonds. The summed E-state index contributed by atoms with van der Waals surface area (Å²) in [7, 11) is -1.94. The molecule has 0 aliphatic carbocycles. The number of anilines is 1. The van der Waals surface area contributed by atoms with Gasteiger partial charge >= 0.3 is 0 Å². The van der Waals surface area contributed by atoms with Crippen molar-refractivity contribution in [2.45, 2.75) is 20.0 Å². The second-order valence-electron chi connectivity index (χ2n) is 7.34. The van der Waals surface area contributed by atoms with E-state index >= 15 is 0 Å². The predicted octanol–water partition coefficient (Wildman–Crippen LogP) is 2.66. The van der Waals surface area contributed by atoms with Crippen molar-refractivity contribution >= 4 is 21.6 Å². The van der Waals surface area contributed by atoms with Crippen LogP contribution in [0.5, 0.6) is 0 Å². The van der Waals surface area contributed by atoms with Crippen molar-refractivity contribution < 1.29 is 13.2 Å². The molecule has 2 aromatic carbocycles. The summed E-state index contributed by atoms with van der Waals surface area (Å²) in [6.45, 7) is 2.56. The Hall–Kier alpha value is -3.13. The molecule has 0 unspecified atom stereocenters. The molecular weight excluding hydrogens is 400 g/mol. The second kappa shape index (κ2) is 9.13. The molecule has 7 nitrogen and oxygen atoms in total.